The lowest BCUT2D eigenvalue weighted by molar-refractivity contribution is 0.481. The van der Waals surface area contributed by atoms with E-state index in [-0.39, 0.29) is 5.82 Å². The Balaban J connectivity index is 1.51. The van der Waals surface area contributed by atoms with E-state index in [1.165, 1.54) is 17.8 Å². The number of hydrogen-bond acceptors (Lipinski definition) is 4. The molecule has 0 radical (unpaired) electrons. The summed E-state index contributed by atoms with van der Waals surface area (Å²) in [7, 11) is 0. The maximum Gasteiger partial charge on any atom is 0.185 e. The molecule has 6 heteroatoms. The van der Waals surface area contributed by atoms with Gasteiger partial charge in [-0.2, -0.15) is 5.10 Å². The van der Waals surface area contributed by atoms with Gasteiger partial charge in [0, 0.05) is 29.7 Å². The summed E-state index contributed by atoms with van der Waals surface area (Å²) in [6.45, 7) is 6.06. The molecule has 0 saturated carbocycles. The quantitative estimate of drug-likeness (QED) is 0.715. The minimum absolute atomic E-state index is 0.221. The fourth-order valence-electron chi connectivity index (χ4n) is 3.29. The van der Waals surface area contributed by atoms with Gasteiger partial charge < -0.3 is 4.90 Å². The molecule has 2 aromatic heterocycles. The summed E-state index contributed by atoms with van der Waals surface area (Å²) in [5.41, 5.74) is 4.14. The molecule has 124 valence electrons. The number of aromatic nitrogens is 3. The maximum atomic E-state index is 13.1. The first-order valence-corrected chi connectivity index (χ1v) is 8.97. The number of halogens is 1. The van der Waals surface area contributed by atoms with Crippen molar-refractivity contribution in [3.8, 4) is 11.3 Å². The van der Waals surface area contributed by atoms with Gasteiger partial charge in [0.25, 0.3) is 0 Å². The van der Waals surface area contributed by atoms with Crippen LogP contribution in [-0.2, 0) is 0 Å². The summed E-state index contributed by atoms with van der Waals surface area (Å²) >= 11 is 1.64. The van der Waals surface area contributed by atoms with E-state index in [9.17, 15) is 4.39 Å². The lowest BCUT2D eigenvalue weighted by Crippen LogP contribution is -2.21. The smallest absolute Gasteiger partial charge is 0.185 e. The molecule has 0 amide bonds. The number of aryl methyl sites for hydroxylation is 2. The van der Waals surface area contributed by atoms with E-state index in [1.807, 2.05) is 12.3 Å². The van der Waals surface area contributed by atoms with E-state index in [0.717, 1.165) is 41.6 Å². The molecule has 3 aromatic rings. The SMILES string of the molecule is Cc1cc(C)n([C@@H]2CCN(c3nc(-c4ccc(F)cc4)cs3)C2)n1. The third-order valence-electron chi connectivity index (χ3n) is 4.46. The fourth-order valence-corrected chi connectivity index (χ4v) is 4.17. The van der Waals surface area contributed by atoms with Crippen molar-refractivity contribution in [1.82, 2.24) is 14.8 Å². The van der Waals surface area contributed by atoms with Crippen LogP contribution in [0.1, 0.15) is 23.9 Å². The Morgan fingerprint density at radius 1 is 1.21 bits per heavy atom. The zero-order valence-electron chi connectivity index (χ0n) is 13.7. The maximum absolute atomic E-state index is 13.1. The lowest BCUT2D eigenvalue weighted by atomic mass is 10.2. The molecule has 0 aliphatic carbocycles. The van der Waals surface area contributed by atoms with Crippen molar-refractivity contribution < 1.29 is 4.39 Å². The van der Waals surface area contributed by atoms with E-state index < -0.39 is 0 Å². The number of rotatable bonds is 3. The molecule has 24 heavy (non-hydrogen) atoms. The summed E-state index contributed by atoms with van der Waals surface area (Å²) in [4.78, 5) is 7.06. The molecule has 1 aliphatic rings. The van der Waals surface area contributed by atoms with Gasteiger partial charge in [0.15, 0.2) is 5.13 Å². The van der Waals surface area contributed by atoms with Crippen LogP contribution in [0.25, 0.3) is 11.3 Å². The van der Waals surface area contributed by atoms with Gasteiger partial charge in [-0.1, -0.05) is 0 Å². The molecule has 3 heterocycles. The van der Waals surface area contributed by atoms with Crippen molar-refractivity contribution in [3.63, 3.8) is 0 Å². The van der Waals surface area contributed by atoms with Crippen molar-refractivity contribution in [3.05, 3.63) is 52.9 Å². The van der Waals surface area contributed by atoms with E-state index in [1.54, 1.807) is 23.5 Å². The van der Waals surface area contributed by atoms with Crippen LogP contribution in [0.5, 0.6) is 0 Å². The third kappa shape index (κ3) is 2.82. The molecular weight excluding hydrogens is 323 g/mol. The molecule has 0 unspecified atom stereocenters. The molecule has 1 aliphatic heterocycles. The molecule has 4 nitrogen and oxygen atoms in total. The monoisotopic (exact) mass is 342 g/mol. The Labute approximate surface area is 144 Å². The summed E-state index contributed by atoms with van der Waals surface area (Å²) in [6.07, 6.45) is 1.08. The minimum atomic E-state index is -0.221. The number of nitrogens with zero attached hydrogens (tertiary/aromatic N) is 4. The Bertz CT molecular complexity index is 852. The molecule has 4 rings (SSSR count). The average Bonchev–Trinajstić information content (AvgIpc) is 3.27. The second kappa shape index (κ2) is 6.02. The van der Waals surface area contributed by atoms with Crippen LogP contribution in [0.3, 0.4) is 0 Å². The minimum Gasteiger partial charge on any atom is -0.346 e. The van der Waals surface area contributed by atoms with Crippen LogP contribution < -0.4 is 4.90 Å². The predicted molar refractivity (Wildman–Crippen MR) is 95.1 cm³/mol. The Morgan fingerprint density at radius 3 is 2.71 bits per heavy atom. The highest BCUT2D eigenvalue weighted by molar-refractivity contribution is 7.14. The first-order chi connectivity index (χ1) is 11.6. The highest BCUT2D eigenvalue weighted by Crippen LogP contribution is 2.32. The standard InChI is InChI=1S/C18H19FN4S/c1-12-9-13(2)23(21-12)16-7-8-22(10-16)18-20-17(11-24-18)14-3-5-15(19)6-4-14/h3-6,9,11,16H,7-8,10H2,1-2H3/t16-/m1/s1. The van der Waals surface area contributed by atoms with Crippen LogP contribution in [-0.4, -0.2) is 27.9 Å². The molecule has 1 atom stereocenters. The molecule has 0 N–H and O–H groups in total. The highest BCUT2D eigenvalue weighted by atomic mass is 32.1. The van der Waals surface area contributed by atoms with E-state index in [2.05, 4.69) is 27.7 Å². The zero-order valence-corrected chi connectivity index (χ0v) is 14.6. The van der Waals surface area contributed by atoms with Gasteiger partial charge >= 0.3 is 0 Å². The second-order valence-corrected chi connectivity index (χ2v) is 7.12. The zero-order chi connectivity index (χ0) is 16.7. The van der Waals surface area contributed by atoms with Crippen LogP contribution in [0.2, 0.25) is 0 Å². The van der Waals surface area contributed by atoms with Gasteiger partial charge in [0.05, 0.1) is 17.4 Å². The molecular formula is C18H19FN4S. The Morgan fingerprint density at radius 2 is 2.00 bits per heavy atom. The normalized spacial score (nSPS) is 17.6. The molecule has 1 aromatic carbocycles. The van der Waals surface area contributed by atoms with Gasteiger partial charge in [-0.3, -0.25) is 4.68 Å². The van der Waals surface area contributed by atoms with Crippen LogP contribution in [0.15, 0.2) is 35.7 Å². The van der Waals surface area contributed by atoms with E-state index >= 15 is 0 Å². The predicted octanol–water partition coefficient (Wildman–Crippen LogP) is 4.21. The van der Waals surface area contributed by atoms with Crippen LogP contribution in [0.4, 0.5) is 9.52 Å². The van der Waals surface area contributed by atoms with Crippen molar-refractivity contribution >= 4 is 16.5 Å². The number of hydrogen-bond donors (Lipinski definition) is 0. The summed E-state index contributed by atoms with van der Waals surface area (Å²) < 4.78 is 15.2. The largest absolute Gasteiger partial charge is 0.346 e. The van der Waals surface area contributed by atoms with Gasteiger partial charge in [-0.15, -0.1) is 11.3 Å². The van der Waals surface area contributed by atoms with Gasteiger partial charge in [0.2, 0.25) is 0 Å². The fraction of sp³-hybridized carbons (Fsp3) is 0.333. The topological polar surface area (TPSA) is 34.0 Å². The Kier molecular flexibility index (Phi) is 3.84. The first kappa shape index (κ1) is 15.3. The van der Waals surface area contributed by atoms with E-state index in [4.69, 9.17) is 4.98 Å². The number of benzene rings is 1. The summed E-state index contributed by atoms with van der Waals surface area (Å²) in [5.74, 6) is -0.221. The van der Waals surface area contributed by atoms with Crippen molar-refractivity contribution in [2.75, 3.05) is 18.0 Å². The van der Waals surface area contributed by atoms with Crippen molar-refractivity contribution in [1.29, 1.82) is 0 Å². The lowest BCUT2D eigenvalue weighted by Gasteiger charge is -2.16. The molecule has 1 saturated heterocycles. The van der Waals surface area contributed by atoms with Crippen LogP contribution >= 0.6 is 11.3 Å². The molecule has 0 bridgehead atoms. The van der Waals surface area contributed by atoms with E-state index in [0.29, 0.717) is 6.04 Å². The number of thiazole rings is 1. The first-order valence-electron chi connectivity index (χ1n) is 8.09. The highest BCUT2D eigenvalue weighted by Gasteiger charge is 2.27. The number of anilines is 1. The Hall–Kier alpha value is -2.21. The van der Waals surface area contributed by atoms with Gasteiger partial charge in [-0.25, -0.2) is 9.37 Å². The summed E-state index contributed by atoms with van der Waals surface area (Å²) in [5, 5.41) is 7.69. The van der Waals surface area contributed by atoms with Crippen molar-refractivity contribution in [2.24, 2.45) is 0 Å². The van der Waals surface area contributed by atoms with Crippen LogP contribution in [0, 0.1) is 19.7 Å². The molecule has 0 spiro atoms. The van der Waals surface area contributed by atoms with Gasteiger partial charge in [0.1, 0.15) is 5.82 Å². The molecule has 1 fully saturated rings. The second-order valence-electron chi connectivity index (χ2n) is 6.28. The van der Waals surface area contributed by atoms with Gasteiger partial charge in [-0.05, 0) is 50.6 Å². The summed E-state index contributed by atoms with van der Waals surface area (Å²) in [6, 6.07) is 9.02. The third-order valence-corrected chi connectivity index (χ3v) is 5.36. The average molecular weight is 342 g/mol. The van der Waals surface area contributed by atoms with Crippen molar-refractivity contribution in [2.45, 2.75) is 26.3 Å².